The van der Waals surface area contributed by atoms with E-state index in [0.29, 0.717) is 17.9 Å². The van der Waals surface area contributed by atoms with Gasteiger partial charge in [-0.1, -0.05) is 13.8 Å². The van der Waals surface area contributed by atoms with Gasteiger partial charge in [-0.3, -0.25) is 0 Å². The molecule has 0 radical (unpaired) electrons. The van der Waals surface area contributed by atoms with Crippen molar-refractivity contribution in [3.63, 3.8) is 0 Å². The van der Waals surface area contributed by atoms with Crippen LogP contribution >= 0.6 is 21.3 Å². The van der Waals surface area contributed by atoms with Crippen LogP contribution in [0.25, 0.3) is 16.7 Å². The zero-order chi connectivity index (χ0) is 23.4. The van der Waals surface area contributed by atoms with E-state index in [0.717, 1.165) is 48.4 Å². The molecule has 2 aliphatic heterocycles. The third kappa shape index (κ3) is 3.66. The van der Waals surface area contributed by atoms with Crippen LogP contribution in [0.5, 0.6) is 5.75 Å². The van der Waals surface area contributed by atoms with Crippen LogP contribution in [0.4, 0.5) is 0 Å². The number of nitrogens with zero attached hydrogens (tertiary/aromatic N) is 5. The standard InChI is InChI=1S/C26H31IN6O/c1-15-16(2)24(11-22(15)33-8-6-20-17(3)29-14-30-26(20)33)34-25-10-19(23-13-31-27-32(23)4)9-18-5-7-28-12-21(18)25/h6,8-10,13-16,22,24,28H,5,7,11-12H2,1-4H3. The van der Waals surface area contributed by atoms with Gasteiger partial charge in [0.25, 0.3) is 0 Å². The average Bonchev–Trinajstić information content (AvgIpc) is 3.53. The molecule has 1 aromatic carbocycles. The molecule has 178 valence electrons. The van der Waals surface area contributed by atoms with Gasteiger partial charge in [-0.15, -0.1) is 0 Å². The van der Waals surface area contributed by atoms with E-state index < -0.39 is 0 Å². The Morgan fingerprint density at radius 2 is 2.06 bits per heavy atom. The number of hydrogen-bond acceptors (Lipinski definition) is 6. The number of fused-ring (bicyclic) bond motifs is 2. The van der Waals surface area contributed by atoms with Crippen LogP contribution < -0.4 is 10.1 Å². The van der Waals surface area contributed by atoms with Gasteiger partial charge in [-0.25, -0.2) is 13.1 Å². The van der Waals surface area contributed by atoms with E-state index in [9.17, 15) is 0 Å². The van der Waals surface area contributed by atoms with Crippen LogP contribution in [0, 0.1) is 18.8 Å². The average molecular weight is 570 g/mol. The summed E-state index contributed by atoms with van der Waals surface area (Å²) in [7, 11) is 2.15. The van der Waals surface area contributed by atoms with Crippen molar-refractivity contribution < 1.29 is 4.74 Å². The first-order chi connectivity index (χ1) is 16.5. The Hall–Kier alpha value is -2.33. The van der Waals surface area contributed by atoms with Crippen molar-refractivity contribution in [2.45, 2.75) is 52.3 Å². The highest BCUT2D eigenvalue weighted by atomic mass is 127. The Balaban J connectivity index is 1.33. The van der Waals surface area contributed by atoms with E-state index >= 15 is 0 Å². The van der Waals surface area contributed by atoms with Gasteiger partial charge in [-0.05, 0) is 55.5 Å². The summed E-state index contributed by atoms with van der Waals surface area (Å²) in [5, 5.41) is 4.68. The molecule has 1 saturated carbocycles. The molecule has 0 spiro atoms. The highest BCUT2D eigenvalue weighted by Gasteiger charge is 2.41. The SMILES string of the molecule is Cc1ncnc2c1ccn2C1CC(Oc2cc(C3=CN=IN3C)cc3c2CNCC3)C(C)C1C. The summed E-state index contributed by atoms with van der Waals surface area (Å²) in [4.78, 5) is 8.99. The lowest BCUT2D eigenvalue weighted by molar-refractivity contribution is 0.153. The molecule has 0 saturated heterocycles. The van der Waals surface area contributed by atoms with Gasteiger partial charge in [0.15, 0.2) is 0 Å². The summed E-state index contributed by atoms with van der Waals surface area (Å²) in [6, 6.07) is 7.12. The van der Waals surface area contributed by atoms with Crippen LogP contribution in [0.2, 0.25) is 0 Å². The highest BCUT2D eigenvalue weighted by molar-refractivity contribution is 14.1. The summed E-state index contributed by atoms with van der Waals surface area (Å²) in [6.07, 6.45) is 8.08. The third-order valence-electron chi connectivity index (χ3n) is 7.97. The van der Waals surface area contributed by atoms with Crippen LogP contribution in [0.3, 0.4) is 0 Å². The molecule has 34 heavy (non-hydrogen) atoms. The Labute approximate surface area is 211 Å². The second kappa shape index (κ2) is 8.71. The number of ether oxygens (including phenoxy) is 1. The van der Waals surface area contributed by atoms with E-state index in [4.69, 9.17) is 4.74 Å². The summed E-state index contributed by atoms with van der Waals surface area (Å²) in [6.45, 7) is 8.64. The predicted octanol–water partition coefficient (Wildman–Crippen LogP) is 5.36. The monoisotopic (exact) mass is 570 g/mol. The molecule has 4 heterocycles. The molecule has 6 rings (SSSR count). The molecule has 0 bridgehead atoms. The first-order valence-electron chi connectivity index (χ1n) is 12.1. The van der Waals surface area contributed by atoms with Crippen LogP contribution in [-0.4, -0.2) is 37.3 Å². The van der Waals surface area contributed by atoms with Crippen molar-refractivity contribution in [2.24, 2.45) is 15.0 Å². The smallest absolute Gasteiger partial charge is 0.143 e. The lowest BCUT2D eigenvalue weighted by atomic mass is 9.95. The van der Waals surface area contributed by atoms with Crippen molar-refractivity contribution >= 4 is 38.0 Å². The van der Waals surface area contributed by atoms with E-state index in [1.807, 2.05) is 6.20 Å². The second-order valence-corrected chi connectivity index (χ2v) is 12.2. The number of nitrogens with one attached hydrogen (secondary N) is 1. The molecule has 1 N–H and O–H groups in total. The maximum absolute atomic E-state index is 6.90. The molecular weight excluding hydrogens is 539 g/mol. The molecule has 1 fully saturated rings. The third-order valence-corrected chi connectivity index (χ3v) is 9.67. The molecule has 3 aliphatic rings. The number of halogens is 1. The lowest BCUT2D eigenvalue weighted by Crippen LogP contribution is -2.27. The summed E-state index contributed by atoms with van der Waals surface area (Å²) in [5.41, 5.74) is 7.25. The number of aromatic nitrogens is 3. The molecule has 2 aromatic heterocycles. The Kier molecular flexibility index (Phi) is 5.68. The largest absolute Gasteiger partial charge is 0.490 e. The Bertz CT molecular complexity index is 1310. The van der Waals surface area contributed by atoms with Crippen molar-refractivity contribution in [1.82, 2.24) is 23.0 Å². The molecule has 8 heteroatoms. The van der Waals surface area contributed by atoms with Gasteiger partial charge in [0.05, 0.1) is 17.6 Å². The maximum atomic E-state index is 6.90. The van der Waals surface area contributed by atoms with Gasteiger partial charge in [0, 0.05) is 48.8 Å². The minimum absolute atomic E-state index is 0.161. The predicted molar refractivity (Wildman–Crippen MR) is 143 cm³/mol. The van der Waals surface area contributed by atoms with Crippen molar-refractivity contribution in [3.05, 3.63) is 59.3 Å². The van der Waals surface area contributed by atoms with Crippen molar-refractivity contribution in [2.75, 3.05) is 13.6 Å². The van der Waals surface area contributed by atoms with Crippen LogP contribution in [0.1, 0.15) is 48.7 Å². The fourth-order valence-electron chi connectivity index (χ4n) is 5.73. The summed E-state index contributed by atoms with van der Waals surface area (Å²) < 4.78 is 16.1. The van der Waals surface area contributed by atoms with Crippen molar-refractivity contribution in [3.8, 4) is 5.75 Å². The minimum atomic E-state index is -0.281. The summed E-state index contributed by atoms with van der Waals surface area (Å²) in [5.74, 6) is 1.97. The molecule has 7 nitrogen and oxygen atoms in total. The number of aryl methyl sites for hydroxylation is 1. The van der Waals surface area contributed by atoms with Crippen molar-refractivity contribution in [1.29, 1.82) is 0 Å². The van der Waals surface area contributed by atoms with Gasteiger partial charge < -0.3 is 17.7 Å². The molecule has 4 atom stereocenters. The van der Waals surface area contributed by atoms with Gasteiger partial charge in [0.1, 0.15) is 45.1 Å². The fourth-order valence-corrected chi connectivity index (χ4v) is 7.13. The highest BCUT2D eigenvalue weighted by Crippen LogP contribution is 2.45. The number of benzene rings is 1. The Morgan fingerprint density at radius 1 is 1.18 bits per heavy atom. The number of hydrogen-bond donors (Lipinski definition) is 1. The van der Waals surface area contributed by atoms with Gasteiger partial charge in [-0.2, -0.15) is 0 Å². The molecule has 4 unspecified atom stereocenters. The van der Waals surface area contributed by atoms with E-state index in [1.54, 1.807) is 6.33 Å². The van der Waals surface area contributed by atoms with E-state index in [2.05, 4.69) is 78.3 Å². The topological polar surface area (TPSA) is 67.6 Å². The lowest BCUT2D eigenvalue weighted by Gasteiger charge is -2.26. The van der Waals surface area contributed by atoms with Crippen LogP contribution in [-0.2, 0) is 13.0 Å². The summed E-state index contributed by atoms with van der Waals surface area (Å²) >= 11 is -0.281. The van der Waals surface area contributed by atoms with E-state index in [1.165, 1.54) is 22.4 Å². The van der Waals surface area contributed by atoms with E-state index in [-0.39, 0.29) is 27.4 Å². The quantitative estimate of drug-likeness (QED) is 0.338. The van der Waals surface area contributed by atoms with Gasteiger partial charge >= 0.3 is 0 Å². The molecule has 0 amide bonds. The number of rotatable bonds is 4. The molecule has 3 aromatic rings. The molecular formula is C26H31IN6O. The molecule has 1 aliphatic carbocycles. The zero-order valence-electron chi connectivity index (χ0n) is 20.1. The Morgan fingerprint density at radius 3 is 2.88 bits per heavy atom. The van der Waals surface area contributed by atoms with Crippen LogP contribution in [0.15, 0.2) is 40.1 Å². The maximum Gasteiger partial charge on any atom is 0.143 e. The zero-order valence-corrected chi connectivity index (χ0v) is 22.3. The normalized spacial score (nSPS) is 26.5. The first-order valence-corrected chi connectivity index (χ1v) is 14.0. The minimum Gasteiger partial charge on any atom is -0.490 e. The fraction of sp³-hybridized carbons (Fsp3) is 0.462. The second-order valence-electron chi connectivity index (χ2n) is 9.80. The first kappa shape index (κ1) is 22.2. The van der Waals surface area contributed by atoms with Gasteiger partial charge in [0.2, 0.25) is 0 Å².